The fraction of sp³-hybridized carbons (Fsp3) is 0.310. The molecule has 0 spiro atoms. The van der Waals surface area contributed by atoms with Crippen LogP contribution in [0.2, 0.25) is 0 Å². The highest BCUT2D eigenvalue weighted by Crippen LogP contribution is 2.20. The molecule has 0 aliphatic rings. The number of amides is 2. The molecule has 0 fully saturated rings. The first-order valence-corrected chi connectivity index (χ1v) is 14.2. The molecular formula is C29H35N3O4S. The first-order valence-electron chi connectivity index (χ1n) is 12.3. The summed E-state index contributed by atoms with van der Waals surface area (Å²) in [5, 5.41) is 2.97. The van der Waals surface area contributed by atoms with Crippen molar-refractivity contribution in [2.24, 2.45) is 5.92 Å². The van der Waals surface area contributed by atoms with Crippen LogP contribution in [-0.2, 0) is 32.6 Å². The Bertz CT molecular complexity index is 1250. The zero-order valence-electron chi connectivity index (χ0n) is 21.6. The zero-order chi connectivity index (χ0) is 26.8. The molecule has 3 aromatic rings. The van der Waals surface area contributed by atoms with Gasteiger partial charge in [-0.2, -0.15) is 0 Å². The van der Waals surface area contributed by atoms with Crippen LogP contribution in [0.3, 0.4) is 0 Å². The summed E-state index contributed by atoms with van der Waals surface area (Å²) in [6.45, 7) is 4.22. The first-order chi connectivity index (χ1) is 17.6. The number of nitrogens with zero attached hydrogens (tertiary/aromatic N) is 2. The maximum absolute atomic E-state index is 13.9. The molecule has 0 aromatic heterocycles. The Hall–Kier alpha value is -3.65. The van der Waals surface area contributed by atoms with Gasteiger partial charge in [0, 0.05) is 19.5 Å². The molecule has 3 rings (SSSR count). The molecular weight excluding hydrogens is 486 g/mol. The summed E-state index contributed by atoms with van der Waals surface area (Å²) in [4.78, 5) is 28.9. The van der Waals surface area contributed by atoms with Crippen molar-refractivity contribution in [1.82, 2.24) is 10.2 Å². The summed E-state index contributed by atoms with van der Waals surface area (Å²) in [7, 11) is -3.76. The van der Waals surface area contributed by atoms with Crippen molar-refractivity contribution in [3.8, 4) is 0 Å². The van der Waals surface area contributed by atoms with Gasteiger partial charge in [0.25, 0.3) is 0 Å². The smallest absolute Gasteiger partial charge is 0.244 e. The van der Waals surface area contributed by atoms with Gasteiger partial charge in [0.15, 0.2) is 0 Å². The third kappa shape index (κ3) is 8.46. The van der Waals surface area contributed by atoms with Crippen molar-refractivity contribution in [3.63, 3.8) is 0 Å². The Kier molecular flexibility index (Phi) is 9.85. The molecule has 0 heterocycles. The monoisotopic (exact) mass is 521 g/mol. The van der Waals surface area contributed by atoms with Gasteiger partial charge in [-0.3, -0.25) is 13.9 Å². The van der Waals surface area contributed by atoms with Crippen molar-refractivity contribution in [1.29, 1.82) is 0 Å². The van der Waals surface area contributed by atoms with Crippen LogP contribution in [0.5, 0.6) is 0 Å². The molecule has 3 aromatic carbocycles. The van der Waals surface area contributed by atoms with Crippen LogP contribution < -0.4 is 9.62 Å². The predicted molar refractivity (Wildman–Crippen MR) is 147 cm³/mol. The van der Waals surface area contributed by atoms with E-state index in [-0.39, 0.29) is 18.4 Å². The normalized spacial score (nSPS) is 12.1. The molecule has 0 saturated carbocycles. The zero-order valence-corrected chi connectivity index (χ0v) is 22.4. The third-order valence-electron chi connectivity index (χ3n) is 5.87. The summed E-state index contributed by atoms with van der Waals surface area (Å²) in [5.41, 5.74) is 2.14. The van der Waals surface area contributed by atoms with Crippen LogP contribution in [0.4, 0.5) is 5.69 Å². The number of benzene rings is 3. The number of nitrogens with one attached hydrogen (secondary N) is 1. The molecule has 37 heavy (non-hydrogen) atoms. The Balaban J connectivity index is 2.00. The largest absolute Gasteiger partial charge is 0.354 e. The van der Waals surface area contributed by atoms with Crippen LogP contribution >= 0.6 is 0 Å². The Labute approximate surface area is 220 Å². The van der Waals surface area contributed by atoms with Gasteiger partial charge in [0.1, 0.15) is 12.6 Å². The lowest BCUT2D eigenvalue weighted by Crippen LogP contribution is -2.53. The topological polar surface area (TPSA) is 86.8 Å². The Morgan fingerprint density at radius 1 is 0.811 bits per heavy atom. The average molecular weight is 522 g/mol. The van der Waals surface area contributed by atoms with Crippen molar-refractivity contribution in [2.75, 3.05) is 23.7 Å². The molecule has 0 saturated heterocycles. The number of sulfonamides is 1. The van der Waals surface area contributed by atoms with Gasteiger partial charge in [0.05, 0.1) is 11.9 Å². The third-order valence-corrected chi connectivity index (χ3v) is 7.02. The quantitative estimate of drug-likeness (QED) is 0.392. The second-order valence-electron chi connectivity index (χ2n) is 9.46. The summed E-state index contributed by atoms with van der Waals surface area (Å²) in [6, 6.07) is 26.6. The minimum atomic E-state index is -3.76. The van der Waals surface area contributed by atoms with E-state index in [1.54, 1.807) is 30.3 Å². The lowest BCUT2D eigenvalue weighted by molar-refractivity contribution is -0.140. The summed E-state index contributed by atoms with van der Waals surface area (Å²) >= 11 is 0. The summed E-state index contributed by atoms with van der Waals surface area (Å²) in [5.74, 6) is -0.496. The van der Waals surface area contributed by atoms with Crippen molar-refractivity contribution in [3.05, 3.63) is 102 Å². The van der Waals surface area contributed by atoms with Gasteiger partial charge >= 0.3 is 0 Å². The second kappa shape index (κ2) is 13.1. The lowest BCUT2D eigenvalue weighted by Gasteiger charge is -2.33. The number of carbonyl (C=O) groups is 2. The fourth-order valence-electron chi connectivity index (χ4n) is 3.96. The highest BCUT2D eigenvalue weighted by molar-refractivity contribution is 7.92. The Morgan fingerprint density at radius 3 is 1.84 bits per heavy atom. The molecule has 0 unspecified atom stereocenters. The van der Waals surface area contributed by atoms with E-state index >= 15 is 0 Å². The van der Waals surface area contributed by atoms with E-state index < -0.39 is 28.5 Å². The lowest BCUT2D eigenvalue weighted by atomic mass is 10.0. The molecule has 2 amide bonds. The number of hydrogen-bond donors (Lipinski definition) is 1. The SMILES string of the molecule is CC(C)CNC(=O)[C@H](Cc1ccccc1)N(Cc1ccccc1)C(=O)CN(c1ccccc1)S(C)(=O)=O. The maximum Gasteiger partial charge on any atom is 0.244 e. The van der Waals surface area contributed by atoms with Crippen LogP contribution in [0.1, 0.15) is 25.0 Å². The highest BCUT2D eigenvalue weighted by atomic mass is 32.2. The Morgan fingerprint density at radius 2 is 1.32 bits per heavy atom. The average Bonchev–Trinajstić information content (AvgIpc) is 2.88. The minimum absolute atomic E-state index is 0.165. The summed E-state index contributed by atoms with van der Waals surface area (Å²) < 4.78 is 26.5. The van der Waals surface area contributed by atoms with E-state index in [2.05, 4.69) is 5.32 Å². The van der Waals surface area contributed by atoms with Crippen LogP contribution in [0, 0.1) is 5.92 Å². The van der Waals surface area contributed by atoms with E-state index in [1.807, 2.05) is 74.5 Å². The van der Waals surface area contributed by atoms with Gasteiger partial charge < -0.3 is 10.2 Å². The van der Waals surface area contributed by atoms with Crippen LogP contribution in [0.15, 0.2) is 91.0 Å². The molecule has 196 valence electrons. The predicted octanol–water partition coefficient (Wildman–Crippen LogP) is 3.86. The van der Waals surface area contributed by atoms with Crippen molar-refractivity contribution < 1.29 is 18.0 Å². The minimum Gasteiger partial charge on any atom is -0.354 e. The number of para-hydroxylation sites is 1. The van der Waals surface area contributed by atoms with Gasteiger partial charge in [0.2, 0.25) is 21.8 Å². The molecule has 1 N–H and O–H groups in total. The molecule has 0 aliphatic heterocycles. The van der Waals surface area contributed by atoms with Gasteiger partial charge in [-0.25, -0.2) is 8.42 Å². The number of carbonyl (C=O) groups excluding carboxylic acids is 2. The molecule has 1 atom stereocenters. The van der Waals surface area contributed by atoms with Crippen molar-refractivity contribution >= 4 is 27.5 Å². The standard InChI is InChI=1S/C29H35N3O4S/c1-23(2)20-30-29(34)27(19-24-13-7-4-8-14-24)31(21-25-15-9-5-10-16-25)28(33)22-32(37(3,35)36)26-17-11-6-12-18-26/h4-18,23,27H,19-22H2,1-3H3,(H,30,34)/t27-/m0/s1. The van der Waals surface area contributed by atoms with Crippen molar-refractivity contribution in [2.45, 2.75) is 32.9 Å². The summed E-state index contributed by atoms with van der Waals surface area (Å²) in [6.07, 6.45) is 1.37. The molecule has 0 bridgehead atoms. The number of anilines is 1. The molecule has 0 aliphatic carbocycles. The van der Waals surface area contributed by atoms with E-state index in [4.69, 9.17) is 0 Å². The highest BCUT2D eigenvalue weighted by Gasteiger charge is 2.33. The van der Waals surface area contributed by atoms with E-state index in [1.165, 1.54) is 4.90 Å². The van der Waals surface area contributed by atoms with Crippen LogP contribution in [0.25, 0.3) is 0 Å². The van der Waals surface area contributed by atoms with E-state index in [0.717, 1.165) is 21.7 Å². The number of rotatable bonds is 12. The van der Waals surface area contributed by atoms with Gasteiger partial charge in [-0.15, -0.1) is 0 Å². The first kappa shape index (κ1) is 27.9. The number of hydrogen-bond acceptors (Lipinski definition) is 4. The maximum atomic E-state index is 13.9. The van der Waals surface area contributed by atoms with Gasteiger partial charge in [-0.1, -0.05) is 92.7 Å². The van der Waals surface area contributed by atoms with Crippen LogP contribution in [-0.4, -0.2) is 50.5 Å². The molecule has 0 radical (unpaired) electrons. The second-order valence-corrected chi connectivity index (χ2v) is 11.4. The van der Waals surface area contributed by atoms with Gasteiger partial charge in [-0.05, 0) is 29.2 Å². The fourth-order valence-corrected chi connectivity index (χ4v) is 4.81. The molecule has 8 heteroatoms. The van der Waals surface area contributed by atoms with E-state index in [0.29, 0.717) is 18.7 Å². The molecule has 7 nitrogen and oxygen atoms in total. The van der Waals surface area contributed by atoms with E-state index in [9.17, 15) is 18.0 Å².